The summed E-state index contributed by atoms with van der Waals surface area (Å²) in [6.45, 7) is 1.63. The fraction of sp³-hybridized carbons (Fsp3) is 0.435. The van der Waals surface area contributed by atoms with Gasteiger partial charge in [0.1, 0.15) is 0 Å². The van der Waals surface area contributed by atoms with Crippen LogP contribution in [0.15, 0.2) is 36.4 Å². The zero-order valence-corrected chi connectivity index (χ0v) is 16.3. The van der Waals surface area contributed by atoms with Gasteiger partial charge in [-0.2, -0.15) is 0 Å². The summed E-state index contributed by atoms with van der Waals surface area (Å²) < 4.78 is 4.86. The number of esters is 1. The summed E-state index contributed by atoms with van der Waals surface area (Å²) in [5, 5.41) is 0.905. The number of aryl methyl sites for hydroxylation is 1. The first-order valence-electron chi connectivity index (χ1n) is 9.88. The van der Waals surface area contributed by atoms with E-state index < -0.39 is 0 Å². The molecule has 140 valence electrons. The number of halogens is 1. The Morgan fingerprint density at radius 1 is 1.04 bits per heavy atom. The number of rotatable bonds is 4. The molecule has 1 heterocycles. The average Bonchev–Trinajstić information content (AvgIpc) is 3.40. The molecule has 0 N–H and O–H groups in total. The van der Waals surface area contributed by atoms with Crippen LogP contribution in [0.4, 0.5) is 0 Å². The van der Waals surface area contributed by atoms with Crippen LogP contribution in [0.3, 0.4) is 0 Å². The predicted octanol–water partition coefficient (Wildman–Crippen LogP) is 4.98. The number of carbonyl (C=O) groups is 1. The number of likely N-dealkylation sites (tertiary alicyclic amines) is 1. The second-order valence-electron chi connectivity index (χ2n) is 8.15. The molecule has 0 spiro atoms. The van der Waals surface area contributed by atoms with Crippen molar-refractivity contribution in [3.8, 4) is 11.1 Å². The topological polar surface area (TPSA) is 29.5 Å². The molecule has 1 saturated carbocycles. The van der Waals surface area contributed by atoms with Gasteiger partial charge in [-0.1, -0.05) is 41.9 Å². The maximum atomic E-state index is 11.6. The minimum atomic E-state index is -0.0775. The van der Waals surface area contributed by atoms with Crippen molar-refractivity contribution in [2.24, 2.45) is 5.92 Å². The van der Waals surface area contributed by atoms with E-state index >= 15 is 0 Å². The van der Waals surface area contributed by atoms with Crippen LogP contribution < -0.4 is 0 Å². The van der Waals surface area contributed by atoms with Crippen LogP contribution >= 0.6 is 11.6 Å². The summed E-state index contributed by atoms with van der Waals surface area (Å²) in [5.41, 5.74) is 6.60. The summed E-state index contributed by atoms with van der Waals surface area (Å²) in [4.78, 5) is 14.1. The molecule has 2 aromatic carbocycles. The molecule has 2 aliphatic carbocycles. The van der Waals surface area contributed by atoms with Crippen molar-refractivity contribution in [1.82, 2.24) is 4.90 Å². The van der Waals surface area contributed by atoms with Crippen LogP contribution in [-0.2, 0) is 16.0 Å². The van der Waals surface area contributed by atoms with Crippen molar-refractivity contribution in [2.45, 2.75) is 37.6 Å². The van der Waals surface area contributed by atoms with Crippen LogP contribution in [0.1, 0.15) is 47.9 Å². The van der Waals surface area contributed by atoms with E-state index in [1.807, 2.05) is 0 Å². The van der Waals surface area contributed by atoms with Gasteiger partial charge in [0.2, 0.25) is 0 Å². The van der Waals surface area contributed by atoms with Crippen molar-refractivity contribution >= 4 is 17.6 Å². The average molecular weight is 382 g/mol. The maximum absolute atomic E-state index is 11.6. The summed E-state index contributed by atoms with van der Waals surface area (Å²) in [7, 11) is 1.47. The lowest BCUT2D eigenvalue weighted by Crippen LogP contribution is -2.51. The Balaban J connectivity index is 1.34. The monoisotopic (exact) mass is 381 g/mol. The van der Waals surface area contributed by atoms with Crippen LogP contribution in [-0.4, -0.2) is 31.1 Å². The minimum absolute atomic E-state index is 0.0467. The molecule has 1 unspecified atom stereocenters. The standard InChI is InChI=1S/C23H24ClNO2/c1-27-23(26)18-12-25(13-18)22-9-6-17-10-15(5-8-20(17)22)16-4-7-19(14-2-3-14)21(24)11-16/h4-5,7-8,10-11,14,18,22H,2-3,6,9,12-13H2,1H3. The molecule has 0 amide bonds. The molecule has 0 bridgehead atoms. The van der Waals surface area contributed by atoms with Gasteiger partial charge in [-0.15, -0.1) is 0 Å². The zero-order valence-electron chi connectivity index (χ0n) is 15.6. The molecule has 2 fully saturated rings. The fourth-order valence-electron chi connectivity index (χ4n) is 4.67. The summed E-state index contributed by atoms with van der Waals surface area (Å²) >= 11 is 6.53. The quantitative estimate of drug-likeness (QED) is 0.700. The van der Waals surface area contributed by atoms with E-state index in [0.717, 1.165) is 31.0 Å². The summed E-state index contributed by atoms with van der Waals surface area (Å²) in [5.74, 6) is 0.648. The smallest absolute Gasteiger partial charge is 0.311 e. The van der Waals surface area contributed by atoms with Gasteiger partial charge in [0.15, 0.2) is 0 Å². The summed E-state index contributed by atoms with van der Waals surface area (Å²) in [6, 6.07) is 13.8. The van der Waals surface area contributed by atoms with Gasteiger partial charge >= 0.3 is 5.97 Å². The highest BCUT2D eigenvalue weighted by Crippen LogP contribution is 2.45. The SMILES string of the molecule is COC(=O)C1CN(C2CCc3cc(-c4ccc(C5CC5)c(Cl)c4)ccc32)C1. The molecule has 2 aromatic rings. The molecule has 0 aromatic heterocycles. The lowest BCUT2D eigenvalue weighted by atomic mass is 9.94. The van der Waals surface area contributed by atoms with Crippen molar-refractivity contribution in [2.75, 3.05) is 20.2 Å². The fourth-order valence-corrected chi connectivity index (χ4v) is 5.00. The van der Waals surface area contributed by atoms with E-state index in [0.29, 0.717) is 12.0 Å². The molecule has 5 rings (SSSR count). The Bertz CT molecular complexity index is 899. The predicted molar refractivity (Wildman–Crippen MR) is 107 cm³/mol. The van der Waals surface area contributed by atoms with Gasteiger partial charge in [0.25, 0.3) is 0 Å². The third-order valence-electron chi connectivity index (χ3n) is 6.43. The van der Waals surface area contributed by atoms with E-state index in [1.54, 1.807) is 0 Å². The zero-order chi connectivity index (χ0) is 18.5. The maximum Gasteiger partial charge on any atom is 0.311 e. The Labute approximate surface area is 165 Å². The first-order valence-corrected chi connectivity index (χ1v) is 10.3. The third-order valence-corrected chi connectivity index (χ3v) is 6.75. The molecule has 1 atom stereocenters. The Kier molecular flexibility index (Phi) is 4.25. The lowest BCUT2D eigenvalue weighted by Gasteiger charge is -2.42. The second-order valence-corrected chi connectivity index (χ2v) is 8.56. The number of ether oxygens (including phenoxy) is 1. The number of nitrogens with zero attached hydrogens (tertiary/aromatic N) is 1. The highest BCUT2D eigenvalue weighted by Gasteiger charge is 2.40. The van der Waals surface area contributed by atoms with Crippen molar-refractivity contribution in [3.63, 3.8) is 0 Å². The number of hydrogen-bond acceptors (Lipinski definition) is 3. The molecule has 1 aliphatic heterocycles. The van der Waals surface area contributed by atoms with Gasteiger partial charge in [-0.05, 0) is 65.5 Å². The number of benzene rings is 2. The van der Waals surface area contributed by atoms with Gasteiger partial charge in [-0.25, -0.2) is 0 Å². The molecule has 27 heavy (non-hydrogen) atoms. The molecule has 0 radical (unpaired) electrons. The van der Waals surface area contributed by atoms with Crippen LogP contribution in [0, 0.1) is 5.92 Å². The van der Waals surface area contributed by atoms with Crippen molar-refractivity contribution in [1.29, 1.82) is 0 Å². The Morgan fingerprint density at radius 2 is 1.74 bits per heavy atom. The number of fused-ring (bicyclic) bond motifs is 1. The van der Waals surface area contributed by atoms with Crippen LogP contribution in [0.5, 0.6) is 0 Å². The minimum Gasteiger partial charge on any atom is -0.469 e. The largest absolute Gasteiger partial charge is 0.469 e. The Morgan fingerprint density at radius 3 is 2.41 bits per heavy atom. The first kappa shape index (κ1) is 17.3. The van der Waals surface area contributed by atoms with E-state index in [4.69, 9.17) is 16.3 Å². The first-order chi connectivity index (χ1) is 13.1. The van der Waals surface area contributed by atoms with Crippen LogP contribution in [0.25, 0.3) is 11.1 Å². The number of carbonyl (C=O) groups excluding carboxylic acids is 1. The molecule has 3 nitrogen and oxygen atoms in total. The normalized spacial score (nSPS) is 22.4. The van der Waals surface area contributed by atoms with Gasteiger partial charge in [-0.3, -0.25) is 9.69 Å². The van der Waals surface area contributed by atoms with Crippen LogP contribution in [0.2, 0.25) is 5.02 Å². The highest BCUT2D eigenvalue weighted by atomic mass is 35.5. The van der Waals surface area contributed by atoms with E-state index in [2.05, 4.69) is 41.3 Å². The van der Waals surface area contributed by atoms with E-state index in [-0.39, 0.29) is 11.9 Å². The second kappa shape index (κ2) is 6.65. The van der Waals surface area contributed by atoms with Crippen molar-refractivity contribution in [3.05, 3.63) is 58.1 Å². The van der Waals surface area contributed by atoms with Gasteiger partial charge in [0, 0.05) is 24.2 Å². The molecule has 4 heteroatoms. The molecule has 3 aliphatic rings. The lowest BCUT2D eigenvalue weighted by molar-refractivity contribution is -0.152. The highest BCUT2D eigenvalue weighted by molar-refractivity contribution is 6.31. The molecular formula is C23H24ClNO2. The Hall–Kier alpha value is -1.84. The van der Waals surface area contributed by atoms with E-state index in [9.17, 15) is 4.79 Å². The van der Waals surface area contributed by atoms with Gasteiger partial charge < -0.3 is 4.74 Å². The van der Waals surface area contributed by atoms with Crippen molar-refractivity contribution < 1.29 is 9.53 Å². The number of hydrogen-bond donors (Lipinski definition) is 0. The van der Waals surface area contributed by atoms with Gasteiger partial charge in [0.05, 0.1) is 13.0 Å². The van der Waals surface area contributed by atoms with E-state index in [1.165, 1.54) is 47.8 Å². The summed E-state index contributed by atoms with van der Waals surface area (Å²) in [6.07, 6.45) is 4.77. The molecule has 1 saturated heterocycles. The molecular weight excluding hydrogens is 358 g/mol. The number of methoxy groups -OCH3 is 1. The third kappa shape index (κ3) is 3.07.